The van der Waals surface area contributed by atoms with E-state index in [9.17, 15) is 9.59 Å². The molecule has 0 spiro atoms. The molecule has 18 heavy (non-hydrogen) atoms. The molecule has 0 heterocycles. The Morgan fingerprint density at radius 2 is 1.94 bits per heavy atom. The predicted molar refractivity (Wildman–Crippen MR) is 71.7 cm³/mol. The Morgan fingerprint density at radius 1 is 1.39 bits per heavy atom. The fourth-order valence-electron chi connectivity index (χ4n) is 2.40. The maximum Gasteiger partial charge on any atom is 0.225 e. The van der Waals surface area contributed by atoms with Crippen molar-refractivity contribution in [2.45, 2.75) is 46.5 Å². The summed E-state index contributed by atoms with van der Waals surface area (Å²) in [5, 5.41) is 0. The average molecular weight is 254 g/mol. The van der Waals surface area contributed by atoms with Gasteiger partial charge in [0, 0.05) is 19.5 Å². The first-order valence-corrected chi connectivity index (χ1v) is 6.84. The highest BCUT2D eigenvalue weighted by Crippen LogP contribution is 2.40. The van der Waals surface area contributed by atoms with Gasteiger partial charge in [0.25, 0.3) is 0 Å². The van der Waals surface area contributed by atoms with Gasteiger partial charge in [-0.3, -0.25) is 9.59 Å². The molecule has 2 N–H and O–H groups in total. The SMILES string of the molecule is CCCC(C(=O)N(C)CC(C)(C)C(N)=O)C1CC1. The largest absolute Gasteiger partial charge is 0.369 e. The first-order valence-electron chi connectivity index (χ1n) is 6.84. The van der Waals surface area contributed by atoms with Crippen molar-refractivity contribution in [1.82, 2.24) is 4.90 Å². The minimum Gasteiger partial charge on any atom is -0.369 e. The lowest BCUT2D eigenvalue weighted by Crippen LogP contribution is -2.45. The van der Waals surface area contributed by atoms with Crippen molar-refractivity contribution in [3.63, 3.8) is 0 Å². The summed E-state index contributed by atoms with van der Waals surface area (Å²) < 4.78 is 0. The van der Waals surface area contributed by atoms with Gasteiger partial charge >= 0.3 is 0 Å². The highest BCUT2D eigenvalue weighted by atomic mass is 16.2. The van der Waals surface area contributed by atoms with Crippen LogP contribution in [0.25, 0.3) is 0 Å². The Kier molecular flexibility index (Phi) is 4.77. The molecule has 1 rings (SSSR count). The van der Waals surface area contributed by atoms with Gasteiger partial charge in [0.05, 0.1) is 5.41 Å². The Hall–Kier alpha value is -1.06. The second kappa shape index (κ2) is 5.72. The van der Waals surface area contributed by atoms with E-state index in [4.69, 9.17) is 5.73 Å². The zero-order valence-electron chi connectivity index (χ0n) is 12.0. The normalized spacial score (nSPS) is 17.3. The van der Waals surface area contributed by atoms with E-state index in [1.54, 1.807) is 25.8 Å². The van der Waals surface area contributed by atoms with E-state index in [1.807, 2.05) is 0 Å². The van der Waals surface area contributed by atoms with Crippen LogP contribution < -0.4 is 5.73 Å². The molecule has 4 nitrogen and oxygen atoms in total. The third-order valence-corrected chi connectivity index (χ3v) is 3.78. The van der Waals surface area contributed by atoms with Crippen molar-refractivity contribution in [1.29, 1.82) is 0 Å². The molecule has 0 aromatic heterocycles. The van der Waals surface area contributed by atoms with Crippen LogP contribution in [0.5, 0.6) is 0 Å². The quantitative estimate of drug-likeness (QED) is 0.752. The highest BCUT2D eigenvalue weighted by Gasteiger charge is 2.38. The van der Waals surface area contributed by atoms with Gasteiger partial charge in [-0.25, -0.2) is 0 Å². The number of nitrogens with two attached hydrogens (primary N) is 1. The number of hydrogen-bond donors (Lipinski definition) is 1. The Morgan fingerprint density at radius 3 is 2.33 bits per heavy atom. The average Bonchev–Trinajstić information content (AvgIpc) is 3.07. The summed E-state index contributed by atoms with van der Waals surface area (Å²) in [6, 6.07) is 0. The number of primary amides is 1. The van der Waals surface area contributed by atoms with Crippen molar-refractivity contribution >= 4 is 11.8 Å². The lowest BCUT2D eigenvalue weighted by Gasteiger charge is -2.30. The van der Waals surface area contributed by atoms with Gasteiger partial charge in [-0.15, -0.1) is 0 Å². The fraction of sp³-hybridized carbons (Fsp3) is 0.857. The second-order valence-corrected chi connectivity index (χ2v) is 6.18. The van der Waals surface area contributed by atoms with E-state index >= 15 is 0 Å². The van der Waals surface area contributed by atoms with Crippen molar-refractivity contribution in [3.8, 4) is 0 Å². The lowest BCUT2D eigenvalue weighted by atomic mass is 9.90. The number of carbonyl (C=O) groups is 2. The Bertz CT molecular complexity index is 322. The first-order chi connectivity index (χ1) is 8.29. The van der Waals surface area contributed by atoms with Gasteiger partial charge in [-0.2, -0.15) is 0 Å². The Balaban J connectivity index is 2.61. The number of rotatable bonds is 7. The van der Waals surface area contributed by atoms with E-state index in [2.05, 4.69) is 6.92 Å². The number of amides is 2. The lowest BCUT2D eigenvalue weighted by molar-refractivity contribution is -0.138. The number of carbonyl (C=O) groups excluding carboxylic acids is 2. The van der Waals surface area contributed by atoms with E-state index in [0.717, 1.165) is 12.8 Å². The molecule has 104 valence electrons. The molecule has 1 aliphatic rings. The topological polar surface area (TPSA) is 63.4 Å². The molecule has 1 aliphatic carbocycles. The van der Waals surface area contributed by atoms with Crippen LogP contribution in [0.15, 0.2) is 0 Å². The molecule has 1 unspecified atom stereocenters. The molecule has 0 aromatic carbocycles. The molecule has 0 aromatic rings. The summed E-state index contributed by atoms with van der Waals surface area (Å²) in [5.74, 6) is 0.523. The summed E-state index contributed by atoms with van der Waals surface area (Å²) in [6.07, 6.45) is 4.32. The first kappa shape index (κ1) is 15.0. The molecule has 4 heteroatoms. The van der Waals surface area contributed by atoms with Crippen LogP contribution in [0.4, 0.5) is 0 Å². The van der Waals surface area contributed by atoms with Crippen LogP contribution in [0, 0.1) is 17.3 Å². The minimum absolute atomic E-state index is 0.142. The van der Waals surface area contributed by atoms with Gasteiger partial charge < -0.3 is 10.6 Å². The van der Waals surface area contributed by atoms with Crippen LogP contribution in [0.3, 0.4) is 0 Å². The van der Waals surface area contributed by atoms with Crippen molar-refractivity contribution in [2.24, 2.45) is 23.0 Å². The predicted octanol–water partition coefficient (Wildman–Crippen LogP) is 1.78. The van der Waals surface area contributed by atoms with E-state index in [1.165, 1.54) is 12.8 Å². The standard InChI is InChI=1S/C14H26N2O2/c1-5-6-11(10-7-8-10)12(17)16(4)9-14(2,3)13(15)18/h10-11H,5-9H2,1-4H3,(H2,15,18). The molecule has 1 fully saturated rings. The van der Waals surface area contributed by atoms with Crippen molar-refractivity contribution in [2.75, 3.05) is 13.6 Å². The van der Waals surface area contributed by atoms with Crippen LogP contribution >= 0.6 is 0 Å². The zero-order valence-corrected chi connectivity index (χ0v) is 12.0. The molecule has 0 aliphatic heterocycles. The molecule has 0 saturated heterocycles. The highest BCUT2D eigenvalue weighted by molar-refractivity contribution is 5.83. The van der Waals surface area contributed by atoms with Crippen LogP contribution in [-0.2, 0) is 9.59 Å². The molecule has 1 saturated carbocycles. The van der Waals surface area contributed by atoms with Gasteiger partial charge in [-0.1, -0.05) is 13.3 Å². The molecule has 0 bridgehead atoms. The summed E-state index contributed by atoms with van der Waals surface area (Å²) in [4.78, 5) is 25.4. The van der Waals surface area contributed by atoms with Crippen molar-refractivity contribution < 1.29 is 9.59 Å². The molecule has 2 amide bonds. The molecular formula is C14H26N2O2. The summed E-state index contributed by atoms with van der Waals surface area (Å²) in [7, 11) is 1.78. The maximum absolute atomic E-state index is 12.4. The molecule has 1 atom stereocenters. The summed E-state index contributed by atoms with van der Waals surface area (Å²) in [5.41, 5.74) is 4.69. The third kappa shape index (κ3) is 3.72. The van der Waals surface area contributed by atoms with E-state index in [0.29, 0.717) is 12.5 Å². The van der Waals surface area contributed by atoms with Gasteiger partial charge in [0.15, 0.2) is 0 Å². The van der Waals surface area contributed by atoms with Gasteiger partial charge in [0.1, 0.15) is 0 Å². The van der Waals surface area contributed by atoms with Crippen LogP contribution in [0.1, 0.15) is 46.5 Å². The maximum atomic E-state index is 12.4. The fourth-order valence-corrected chi connectivity index (χ4v) is 2.40. The number of hydrogen-bond acceptors (Lipinski definition) is 2. The van der Waals surface area contributed by atoms with Crippen molar-refractivity contribution in [3.05, 3.63) is 0 Å². The summed E-state index contributed by atoms with van der Waals surface area (Å²) >= 11 is 0. The van der Waals surface area contributed by atoms with Gasteiger partial charge in [-0.05, 0) is 39.0 Å². The minimum atomic E-state index is -0.662. The molecule has 0 radical (unpaired) electrons. The third-order valence-electron chi connectivity index (χ3n) is 3.78. The Labute approximate surface area is 110 Å². The van der Waals surface area contributed by atoms with E-state index in [-0.39, 0.29) is 17.7 Å². The van der Waals surface area contributed by atoms with E-state index < -0.39 is 5.41 Å². The number of nitrogens with zero attached hydrogens (tertiary/aromatic N) is 1. The monoisotopic (exact) mass is 254 g/mol. The van der Waals surface area contributed by atoms with Gasteiger partial charge in [0.2, 0.25) is 11.8 Å². The van der Waals surface area contributed by atoms with Crippen LogP contribution in [0.2, 0.25) is 0 Å². The van der Waals surface area contributed by atoms with Crippen LogP contribution in [-0.4, -0.2) is 30.3 Å². The summed E-state index contributed by atoms with van der Waals surface area (Å²) in [6.45, 7) is 6.07. The molecular weight excluding hydrogens is 228 g/mol. The smallest absolute Gasteiger partial charge is 0.225 e. The second-order valence-electron chi connectivity index (χ2n) is 6.18. The zero-order chi connectivity index (χ0) is 13.9.